The molecule has 0 bridgehead atoms. The maximum absolute atomic E-state index is 11.9. The molecule has 0 radical (unpaired) electrons. The Morgan fingerprint density at radius 2 is 2.24 bits per heavy atom. The van der Waals surface area contributed by atoms with E-state index in [-0.39, 0.29) is 17.5 Å². The van der Waals surface area contributed by atoms with E-state index in [9.17, 15) is 9.90 Å². The van der Waals surface area contributed by atoms with Gasteiger partial charge >= 0.3 is 0 Å². The Labute approximate surface area is 123 Å². The second-order valence-electron chi connectivity index (χ2n) is 4.80. The average Bonchev–Trinajstić information content (AvgIpc) is 2.40. The van der Waals surface area contributed by atoms with E-state index in [0.29, 0.717) is 23.6 Å². The lowest BCUT2D eigenvalue weighted by Crippen LogP contribution is -2.36. The number of nitrogens with zero attached hydrogens (tertiary/aromatic N) is 1. The van der Waals surface area contributed by atoms with E-state index in [2.05, 4.69) is 10.3 Å². The van der Waals surface area contributed by atoms with Gasteiger partial charge in [-0.15, -0.1) is 0 Å². The SMILES string of the molecule is CCOc1cc([C@@H]2N=C(N)NC(C)=C2C(C)=O)ccc1O. The van der Waals surface area contributed by atoms with Crippen molar-refractivity contribution in [3.63, 3.8) is 0 Å². The first-order valence-corrected chi connectivity index (χ1v) is 6.71. The molecule has 6 heteroatoms. The van der Waals surface area contributed by atoms with E-state index < -0.39 is 6.04 Å². The van der Waals surface area contributed by atoms with Gasteiger partial charge in [0.1, 0.15) is 6.04 Å². The molecule has 0 unspecified atom stereocenters. The fraction of sp³-hybridized carbons (Fsp3) is 0.333. The number of hydrogen-bond acceptors (Lipinski definition) is 6. The number of carbonyl (C=O) groups is 1. The minimum atomic E-state index is -0.497. The van der Waals surface area contributed by atoms with Crippen LogP contribution in [-0.4, -0.2) is 23.5 Å². The molecule has 1 atom stereocenters. The number of carbonyl (C=O) groups excluding carboxylic acids is 1. The van der Waals surface area contributed by atoms with Crippen molar-refractivity contribution < 1.29 is 14.6 Å². The third-order valence-corrected chi connectivity index (χ3v) is 3.24. The summed E-state index contributed by atoms with van der Waals surface area (Å²) >= 11 is 0. The predicted octanol–water partition coefficient (Wildman–Crippen LogP) is 1.61. The summed E-state index contributed by atoms with van der Waals surface area (Å²) in [6.07, 6.45) is 0. The zero-order chi connectivity index (χ0) is 15.6. The number of guanidine groups is 1. The lowest BCUT2D eigenvalue weighted by atomic mass is 9.93. The molecule has 6 nitrogen and oxygen atoms in total. The smallest absolute Gasteiger partial charge is 0.193 e. The number of allylic oxidation sites excluding steroid dienone is 1. The maximum atomic E-state index is 11.9. The highest BCUT2D eigenvalue weighted by molar-refractivity contribution is 5.98. The maximum Gasteiger partial charge on any atom is 0.193 e. The van der Waals surface area contributed by atoms with Crippen molar-refractivity contribution in [1.82, 2.24) is 5.32 Å². The Hall–Kier alpha value is -2.50. The van der Waals surface area contributed by atoms with Crippen LogP contribution in [0.4, 0.5) is 0 Å². The van der Waals surface area contributed by atoms with Gasteiger partial charge in [-0.3, -0.25) is 4.79 Å². The van der Waals surface area contributed by atoms with Crippen molar-refractivity contribution in [1.29, 1.82) is 0 Å². The highest BCUT2D eigenvalue weighted by Crippen LogP contribution is 2.35. The first-order valence-electron chi connectivity index (χ1n) is 6.71. The van der Waals surface area contributed by atoms with Crippen LogP contribution < -0.4 is 15.8 Å². The molecule has 0 fully saturated rings. The number of aromatic hydroxyl groups is 1. The molecule has 0 aromatic heterocycles. The van der Waals surface area contributed by atoms with Gasteiger partial charge < -0.3 is 20.9 Å². The molecule has 0 amide bonds. The van der Waals surface area contributed by atoms with Gasteiger partial charge in [-0.1, -0.05) is 6.07 Å². The molecular weight excluding hydrogens is 270 g/mol. The molecule has 0 spiro atoms. The molecule has 112 valence electrons. The van der Waals surface area contributed by atoms with Gasteiger partial charge in [0, 0.05) is 11.3 Å². The van der Waals surface area contributed by atoms with E-state index in [1.165, 1.54) is 13.0 Å². The molecule has 1 aliphatic heterocycles. The van der Waals surface area contributed by atoms with Crippen LogP contribution in [-0.2, 0) is 4.79 Å². The molecule has 0 saturated carbocycles. The molecule has 21 heavy (non-hydrogen) atoms. The summed E-state index contributed by atoms with van der Waals surface area (Å²) in [5.74, 6) is 0.597. The van der Waals surface area contributed by atoms with Crippen LogP contribution in [0.1, 0.15) is 32.4 Å². The first-order chi connectivity index (χ1) is 9.93. The number of phenols is 1. The fourth-order valence-electron chi connectivity index (χ4n) is 2.37. The summed E-state index contributed by atoms with van der Waals surface area (Å²) in [6.45, 7) is 5.55. The number of ether oxygens (including phenoxy) is 1. The van der Waals surface area contributed by atoms with Gasteiger partial charge in [0.25, 0.3) is 0 Å². The Bertz CT molecular complexity index is 635. The van der Waals surface area contributed by atoms with E-state index in [1.807, 2.05) is 6.92 Å². The largest absolute Gasteiger partial charge is 0.504 e. The van der Waals surface area contributed by atoms with Gasteiger partial charge in [0.05, 0.1) is 6.61 Å². The summed E-state index contributed by atoms with van der Waals surface area (Å²) in [7, 11) is 0. The Morgan fingerprint density at radius 3 is 2.86 bits per heavy atom. The van der Waals surface area contributed by atoms with E-state index in [1.54, 1.807) is 19.1 Å². The molecule has 0 saturated heterocycles. The van der Waals surface area contributed by atoms with Crippen LogP contribution in [0.5, 0.6) is 11.5 Å². The van der Waals surface area contributed by atoms with Crippen LogP contribution in [0, 0.1) is 0 Å². The van der Waals surface area contributed by atoms with Crippen LogP contribution in [0.2, 0.25) is 0 Å². The first kappa shape index (κ1) is 14.9. The van der Waals surface area contributed by atoms with Crippen molar-refractivity contribution in [2.75, 3.05) is 6.61 Å². The lowest BCUT2D eigenvalue weighted by Gasteiger charge is -2.24. The molecule has 1 aromatic carbocycles. The Kier molecular flexibility index (Phi) is 4.16. The zero-order valence-corrected chi connectivity index (χ0v) is 12.3. The van der Waals surface area contributed by atoms with Crippen LogP contribution in [0.25, 0.3) is 0 Å². The van der Waals surface area contributed by atoms with Gasteiger partial charge in [0.2, 0.25) is 0 Å². The lowest BCUT2D eigenvalue weighted by molar-refractivity contribution is -0.114. The van der Waals surface area contributed by atoms with E-state index in [4.69, 9.17) is 10.5 Å². The zero-order valence-electron chi connectivity index (χ0n) is 12.3. The quantitative estimate of drug-likeness (QED) is 0.782. The van der Waals surface area contributed by atoms with Gasteiger partial charge in [0.15, 0.2) is 23.2 Å². The minimum absolute atomic E-state index is 0.0524. The second kappa shape index (κ2) is 5.87. The normalized spacial score (nSPS) is 18.0. The van der Waals surface area contributed by atoms with Crippen LogP contribution in [0.3, 0.4) is 0 Å². The number of ketones is 1. The molecule has 4 N–H and O–H groups in total. The number of nitrogens with two attached hydrogens (primary N) is 1. The number of hydrogen-bond donors (Lipinski definition) is 3. The number of aliphatic imine (C=N–C) groups is 1. The van der Waals surface area contributed by atoms with Crippen molar-refractivity contribution in [3.05, 3.63) is 35.0 Å². The van der Waals surface area contributed by atoms with E-state index in [0.717, 1.165) is 5.56 Å². The summed E-state index contributed by atoms with van der Waals surface area (Å²) in [5, 5.41) is 12.6. The Balaban J connectivity index is 2.50. The van der Waals surface area contributed by atoms with Crippen molar-refractivity contribution in [3.8, 4) is 11.5 Å². The molecule has 1 aromatic rings. The van der Waals surface area contributed by atoms with Crippen molar-refractivity contribution >= 4 is 11.7 Å². The van der Waals surface area contributed by atoms with Crippen LogP contribution >= 0.6 is 0 Å². The molecular formula is C15H19N3O3. The third-order valence-electron chi connectivity index (χ3n) is 3.24. The van der Waals surface area contributed by atoms with E-state index >= 15 is 0 Å². The topological polar surface area (TPSA) is 96.9 Å². The number of phenolic OH excluding ortho intramolecular Hbond substituents is 1. The summed E-state index contributed by atoms with van der Waals surface area (Å²) in [5.41, 5.74) is 7.73. The standard InChI is InChI=1S/C15H19N3O3/c1-4-21-12-7-10(5-6-11(12)20)14-13(9(3)19)8(2)17-15(16)18-14/h5-7,14,20H,4H2,1-3H3,(H3,16,17,18)/t14-/m0/s1. The van der Waals surface area contributed by atoms with Crippen molar-refractivity contribution in [2.24, 2.45) is 10.7 Å². The highest BCUT2D eigenvalue weighted by atomic mass is 16.5. The number of rotatable bonds is 4. The molecule has 1 heterocycles. The fourth-order valence-corrected chi connectivity index (χ4v) is 2.37. The highest BCUT2D eigenvalue weighted by Gasteiger charge is 2.27. The summed E-state index contributed by atoms with van der Waals surface area (Å²) in [4.78, 5) is 16.2. The summed E-state index contributed by atoms with van der Waals surface area (Å²) < 4.78 is 5.37. The van der Waals surface area contributed by atoms with Crippen LogP contribution in [0.15, 0.2) is 34.5 Å². The minimum Gasteiger partial charge on any atom is -0.504 e. The number of benzene rings is 1. The van der Waals surface area contributed by atoms with Gasteiger partial charge in [-0.05, 0) is 38.5 Å². The average molecular weight is 289 g/mol. The third kappa shape index (κ3) is 2.99. The van der Waals surface area contributed by atoms with Gasteiger partial charge in [-0.25, -0.2) is 4.99 Å². The second-order valence-corrected chi connectivity index (χ2v) is 4.80. The number of nitrogens with one attached hydrogen (secondary N) is 1. The molecule has 2 rings (SSSR count). The molecule has 1 aliphatic rings. The van der Waals surface area contributed by atoms with Crippen molar-refractivity contribution in [2.45, 2.75) is 26.8 Å². The monoisotopic (exact) mass is 289 g/mol. The Morgan fingerprint density at radius 1 is 1.52 bits per heavy atom. The predicted molar refractivity (Wildman–Crippen MR) is 80.2 cm³/mol. The molecule has 0 aliphatic carbocycles. The van der Waals surface area contributed by atoms with Gasteiger partial charge in [-0.2, -0.15) is 0 Å². The summed E-state index contributed by atoms with van der Waals surface area (Å²) in [6, 6.07) is 4.42. The number of Topliss-reactive ketones (excluding diaryl/α,β-unsaturated/α-hetero) is 1.